The molecule has 0 aliphatic carbocycles. The molecule has 0 amide bonds. The third kappa shape index (κ3) is 7.90. The smallest absolute Gasteiger partial charge is 0.402 e. The largest absolute Gasteiger partial charge is 0.633 e. The van der Waals surface area contributed by atoms with Crippen molar-refractivity contribution in [1.82, 2.24) is 5.32 Å². The molecule has 0 unspecified atom stereocenters. The summed E-state index contributed by atoms with van der Waals surface area (Å²) in [7, 11) is -1.64. The van der Waals surface area contributed by atoms with Gasteiger partial charge < -0.3 is 20.0 Å². The molecule has 10 heavy (non-hydrogen) atoms. The summed E-state index contributed by atoms with van der Waals surface area (Å²) in [6.07, 6.45) is 0. The fraction of sp³-hybridized carbons (Fsp3) is 1.00. The Bertz CT molecular complexity index is 69.3. The van der Waals surface area contributed by atoms with E-state index in [1.165, 1.54) is 0 Å². The van der Waals surface area contributed by atoms with Crippen LogP contribution in [0.25, 0.3) is 0 Å². The molecule has 0 saturated heterocycles. The van der Waals surface area contributed by atoms with E-state index in [1.54, 1.807) is 0 Å². The molecule has 60 valence electrons. The number of hydrogen-bond acceptors (Lipinski definition) is 4. The summed E-state index contributed by atoms with van der Waals surface area (Å²) < 4.78 is 4.44. The lowest BCUT2D eigenvalue weighted by molar-refractivity contribution is 0.185. The Balaban J connectivity index is 2.91. The van der Waals surface area contributed by atoms with Crippen molar-refractivity contribution in [3.05, 3.63) is 0 Å². The zero-order chi connectivity index (χ0) is 7.98. The molecule has 0 spiro atoms. The topological polar surface area (TPSA) is 61.7 Å². The fourth-order valence-electron chi connectivity index (χ4n) is 0.512. The minimum Gasteiger partial charge on any atom is -0.402 e. The minimum atomic E-state index is -1.64. The summed E-state index contributed by atoms with van der Waals surface area (Å²) in [5, 5.41) is 19.5. The van der Waals surface area contributed by atoms with E-state index in [0.29, 0.717) is 19.2 Å². The van der Waals surface area contributed by atoms with Crippen LogP contribution < -0.4 is 5.32 Å². The van der Waals surface area contributed by atoms with Crippen molar-refractivity contribution in [2.24, 2.45) is 0 Å². The molecule has 0 rings (SSSR count). The normalized spacial score (nSPS) is 10.5. The number of hydrogen-bond donors (Lipinski definition) is 3. The van der Waals surface area contributed by atoms with E-state index in [4.69, 9.17) is 10.0 Å². The van der Waals surface area contributed by atoms with E-state index >= 15 is 0 Å². The average Bonchev–Trinajstić information content (AvgIpc) is 1.79. The highest BCUT2D eigenvalue weighted by Gasteiger charge is 2.06. The summed E-state index contributed by atoms with van der Waals surface area (Å²) in [5.41, 5.74) is 0. The Morgan fingerprint density at radius 3 is 2.50 bits per heavy atom. The van der Waals surface area contributed by atoms with Crippen molar-refractivity contribution in [2.45, 2.75) is 19.9 Å². The highest BCUT2D eigenvalue weighted by atomic mass is 16.6. The van der Waals surface area contributed by atoms with Crippen LogP contribution in [0.5, 0.6) is 0 Å². The molecular formula is C5H14BNO3. The standard InChI is InChI=1S/C5H14BNO3/c1-5(2)7-3-4-10-6(8)9/h5,7-9H,3-4H2,1-2H3. The van der Waals surface area contributed by atoms with Gasteiger partial charge in [0.25, 0.3) is 0 Å². The molecule has 0 aromatic heterocycles. The average molecular weight is 147 g/mol. The van der Waals surface area contributed by atoms with Gasteiger partial charge in [-0.3, -0.25) is 0 Å². The van der Waals surface area contributed by atoms with Gasteiger partial charge >= 0.3 is 7.32 Å². The second-order valence-electron chi connectivity index (χ2n) is 2.31. The predicted octanol–water partition coefficient (Wildman–Crippen LogP) is -1.03. The van der Waals surface area contributed by atoms with Crippen LogP contribution in [-0.2, 0) is 4.65 Å². The van der Waals surface area contributed by atoms with Gasteiger partial charge in [0.05, 0.1) is 0 Å². The second kappa shape index (κ2) is 5.67. The molecule has 0 radical (unpaired) electrons. The van der Waals surface area contributed by atoms with E-state index in [2.05, 4.69) is 9.97 Å². The van der Waals surface area contributed by atoms with E-state index in [1.807, 2.05) is 13.8 Å². The van der Waals surface area contributed by atoms with Crippen molar-refractivity contribution in [3.63, 3.8) is 0 Å². The Kier molecular flexibility index (Phi) is 5.62. The Morgan fingerprint density at radius 2 is 2.10 bits per heavy atom. The Hall–Kier alpha value is -0.0951. The summed E-state index contributed by atoms with van der Waals surface area (Å²) >= 11 is 0. The highest BCUT2D eigenvalue weighted by Crippen LogP contribution is 1.77. The molecule has 4 nitrogen and oxygen atoms in total. The van der Waals surface area contributed by atoms with Crippen LogP contribution in [0.1, 0.15) is 13.8 Å². The summed E-state index contributed by atoms with van der Waals surface area (Å²) in [5.74, 6) is 0. The van der Waals surface area contributed by atoms with Crippen LogP contribution in [0.4, 0.5) is 0 Å². The molecule has 0 bridgehead atoms. The molecule has 0 aromatic rings. The molecule has 0 heterocycles. The van der Waals surface area contributed by atoms with Gasteiger partial charge in [-0.05, 0) is 0 Å². The van der Waals surface area contributed by atoms with Crippen molar-refractivity contribution in [1.29, 1.82) is 0 Å². The predicted molar refractivity (Wildman–Crippen MR) is 39.3 cm³/mol. The van der Waals surface area contributed by atoms with Gasteiger partial charge in [0.1, 0.15) is 0 Å². The van der Waals surface area contributed by atoms with Crippen molar-refractivity contribution in [3.8, 4) is 0 Å². The van der Waals surface area contributed by atoms with E-state index in [0.717, 1.165) is 0 Å². The van der Waals surface area contributed by atoms with Crippen LogP contribution in [0, 0.1) is 0 Å². The molecule has 0 atom stereocenters. The lowest BCUT2D eigenvalue weighted by atomic mass is 10.3. The van der Waals surface area contributed by atoms with E-state index in [9.17, 15) is 0 Å². The molecule has 5 heteroatoms. The first kappa shape index (κ1) is 9.90. The first-order chi connectivity index (χ1) is 4.63. The molecule has 0 fully saturated rings. The monoisotopic (exact) mass is 147 g/mol. The van der Waals surface area contributed by atoms with Gasteiger partial charge in [-0.1, -0.05) is 13.8 Å². The molecule has 0 aliphatic heterocycles. The third-order valence-electron chi connectivity index (χ3n) is 0.922. The van der Waals surface area contributed by atoms with Crippen LogP contribution in [0.15, 0.2) is 0 Å². The third-order valence-corrected chi connectivity index (χ3v) is 0.922. The lowest BCUT2D eigenvalue weighted by Crippen LogP contribution is -2.29. The van der Waals surface area contributed by atoms with Gasteiger partial charge in [-0.2, -0.15) is 0 Å². The SMILES string of the molecule is CC(C)NCCOB(O)O. The minimum absolute atomic E-state index is 0.315. The molecule has 0 aliphatic rings. The maximum absolute atomic E-state index is 8.22. The lowest BCUT2D eigenvalue weighted by Gasteiger charge is -2.07. The first-order valence-corrected chi connectivity index (χ1v) is 3.34. The van der Waals surface area contributed by atoms with Crippen molar-refractivity contribution >= 4 is 7.32 Å². The maximum Gasteiger partial charge on any atom is 0.633 e. The highest BCUT2D eigenvalue weighted by molar-refractivity contribution is 6.32. The summed E-state index contributed by atoms with van der Waals surface area (Å²) in [6, 6.07) is 0.402. The van der Waals surface area contributed by atoms with Crippen LogP contribution in [0.2, 0.25) is 0 Å². The number of nitrogens with one attached hydrogen (secondary N) is 1. The van der Waals surface area contributed by atoms with Gasteiger partial charge in [0.2, 0.25) is 0 Å². The maximum atomic E-state index is 8.22. The second-order valence-corrected chi connectivity index (χ2v) is 2.31. The fourth-order valence-corrected chi connectivity index (χ4v) is 0.512. The Labute approximate surface area is 61.4 Å². The zero-order valence-electron chi connectivity index (χ0n) is 6.37. The quantitative estimate of drug-likeness (QED) is 0.343. The summed E-state index contributed by atoms with van der Waals surface area (Å²) in [6.45, 7) is 4.97. The summed E-state index contributed by atoms with van der Waals surface area (Å²) in [4.78, 5) is 0. The van der Waals surface area contributed by atoms with Gasteiger partial charge in [0.15, 0.2) is 0 Å². The van der Waals surface area contributed by atoms with Crippen molar-refractivity contribution < 1.29 is 14.7 Å². The molecule has 3 N–H and O–H groups in total. The number of rotatable bonds is 5. The molecule has 0 aromatic carbocycles. The molecule has 0 saturated carbocycles. The van der Waals surface area contributed by atoms with Gasteiger partial charge in [-0.15, -0.1) is 0 Å². The van der Waals surface area contributed by atoms with Gasteiger partial charge in [0, 0.05) is 19.2 Å². The Morgan fingerprint density at radius 1 is 1.50 bits per heavy atom. The van der Waals surface area contributed by atoms with Crippen LogP contribution in [-0.4, -0.2) is 36.6 Å². The van der Waals surface area contributed by atoms with E-state index in [-0.39, 0.29) is 0 Å². The zero-order valence-corrected chi connectivity index (χ0v) is 6.37. The van der Waals surface area contributed by atoms with Crippen LogP contribution >= 0.6 is 0 Å². The molecular weight excluding hydrogens is 133 g/mol. The van der Waals surface area contributed by atoms with Crippen LogP contribution in [0.3, 0.4) is 0 Å². The van der Waals surface area contributed by atoms with Gasteiger partial charge in [-0.25, -0.2) is 0 Å². The first-order valence-electron chi connectivity index (χ1n) is 3.34. The van der Waals surface area contributed by atoms with Crippen molar-refractivity contribution in [2.75, 3.05) is 13.2 Å². The van der Waals surface area contributed by atoms with E-state index < -0.39 is 7.32 Å².